The molecule has 14 heteroatoms. The highest BCUT2D eigenvalue weighted by atomic mass is 32.1. The molecular weight excluding hydrogens is 509 g/mol. The first-order valence-corrected chi connectivity index (χ1v) is 13.2. The molecular formula is C23H29F3N8O2S. The van der Waals surface area contributed by atoms with Crippen molar-refractivity contribution < 1.29 is 23.1 Å². The Morgan fingerprint density at radius 1 is 1.22 bits per heavy atom. The summed E-state index contributed by atoms with van der Waals surface area (Å²) in [6, 6.07) is 2.02. The standard InChI is InChI=1S/C23H29F3N8O2S/c1-3-4-16-11-17-19(31-7-8-34-18(13-31)29-30-21(34)23(24,25)26)27-22(28-20(17)37-16)32-6-5-15(12-32)33(9-10-35)14(2)36/h11,15,35H,3-10,12-13H2,1-2H3. The number of hydrogen-bond donors (Lipinski definition) is 1. The second-order valence-corrected chi connectivity index (χ2v) is 10.5. The lowest BCUT2D eigenvalue weighted by Gasteiger charge is -2.30. The van der Waals surface area contributed by atoms with Crippen molar-refractivity contribution in [2.75, 3.05) is 42.6 Å². The van der Waals surface area contributed by atoms with Gasteiger partial charge in [-0.1, -0.05) is 13.3 Å². The summed E-state index contributed by atoms with van der Waals surface area (Å²) in [5.41, 5.74) is 0. The van der Waals surface area contributed by atoms with E-state index in [0.29, 0.717) is 31.4 Å². The van der Waals surface area contributed by atoms with E-state index in [1.807, 2.05) is 9.80 Å². The van der Waals surface area contributed by atoms with Gasteiger partial charge in [0.1, 0.15) is 10.6 Å². The van der Waals surface area contributed by atoms with Crippen LogP contribution in [0.5, 0.6) is 0 Å². The van der Waals surface area contributed by atoms with Gasteiger partial charge in [0, 0.05) is 44.5 Å². The highest BCUT2D eigenvalue weighted by Crippen LogP contribution is 2.36. The van der Waals surface area contributed by atoms with E-state index >= 15 is 0 Å². The number of carbonyl (C=O) groups excluding carboxylic acids is 1. The van der Waals surface area contributed by atoms with Crippen molar-refractivity contribution in [2.45, 2.75) is 58.4 Å². The SMILES string of the molecule is CCCc1cc2c(N3CCn4c(nnc4C(F)(F)F)C3)nc(N3CCC(N(CCO)C(C)=O)C3)nc2s1. The molecule has 200 valence electrons. The molecule has 0 spiro atoms. The Kier molecular flexibility index (Phi) is 6.96. The Hall–Kier alpha value is -3.00. The van der Waals surface area contributed by atoms with Gasteiger partial charge in [0.15, 0.2) is 5.82 Å². The van der Waals surface area contributed by atoms with Gasteiger partial charge in [0.2, 0.25) is 17.7 Å². The normalized spacial score (nSPS) is 18.1. The Morgan fingerprint density at radius 2 is 2.03 bits per heavy atom. The molecule has 5 rings (SSSR count). The molecule has 1 saturated heterocycles. The fourth-order valence-electron chi connectivity index (χ4n) is 5.13. The molecule has 0 radical (unpaired) electrons. The molecule has 0 saturated carbocycles. The summed E-state index contributed by atoms with van der Waals surface area (Å²) in [5, 5.41) is 17.5. The summed E-state index contributed by atoms with van der Waals surface area (Å²) in [6.45, 7) is 5.56. The molecule has 2 aliphatic rings. The van der Waals surface area contributed by atoms with Crippen LogP contribution in [0.15, 0.2) is 6.07 Å². The second kappa shape index (κ2) is 10.0. The molecule has 1 unspecified atom stereocenters. The minimum atomic E-state index is -4.55. The Morgan fingerprint density at radius 3 is 2.73 bits per heavy atom. The van der Waals surface area contributed by atoms with Gasteiger partial charge >= 0.3 is 6.18 Å². The Balaban J connectivity index is 1.48. The summed E-state index contributed by atoms with van der Waals surface area (Å²) >= 11 is 1.60. The summed E-state index contributed by atoms with van der Waals surface area (Å²) in [6.07, 6.45) is -1.94. The number of alkyl halides is 3. The van der Waals surface area contributed by atoms with Gasteiger partial charge in [0.25, 0.3) is 0 Å². The molecule has 1 atom stereocenters. The van der Waals surface area contributed by atoms with E-state index in [2.05, 4.69) is 23.2 Å². The van der Waals surface area contributed by atoms with E-state index in [0.717, 1.165) is 34.0 Å². The van der Waals surface area contributed by atoms with Crippen LogP contribution in [0.25, 0.3) is 10.2 Å². The predicted octanol–water partition coefficient (Wildman–Crippen LogP) is 2.69. The number of thiophene rings is 1. The van der Waals surface area contributed by atoms with Gasteiger partial charge in [-0.3, -0.25) is 4.79 Å². The third-order valence-electron chi connectivity index (χ3n) is 6.85. The van der Waals surface area contributed by atoms with Crippen LogP contribution in [0.1, 0.15) is 43.2 Å². The third kappa shape index (κ3) is 4.96. The number of fused-ring (bicyclic) bond motifs is 2. The van der Waals surface area contributed by atoms with E-state index in [-0.39, 0.29) is 44.0 Å². The zero-order valence-corrected chi connectivity index (χ0v) is 21.5. The minimum absolute atomic E-state index is 0.0549. The molecule has 0 bridgehead atoms. The maximum Gasteiger partial charge on any atom is 0.451 e. The molecule has 0 aromatic carbocycles. The van der Waals surface area contributed by atoms with E-state index in [1.54, 1.807) is 16.2 Å². The maximum atomic E-state index is 13.3. The van der Waals surface area contributed by atoms with Crippen molar-refractivity contribution in [1.82, 2.24) is 29.6 Å². The number of carbonyl (C=O) groups is 1. The molecule has 1 N–H and O–H groups in total. The van der Waals surface area contributed by atoms with Crippen LogP contribution in [0.2, 0.25) is 0 Å². The van der Waals surface area contributed by atoms with E-state index in [4.69, 9.17) is 9.97 Å². The van der Waals surface area contributed by atoms with Crippen molar-refractivity contribution in [3.05, 3.63) is 22.6 Å². The second-order valence-electron chi connectivity index (χ2n) is 9.36. The first kappa shape index (κ1) is 25.6. The molecule has 1 amide bonds. The zero-order chi connectivity index (χ0) is 26.3. The lowest BCUT2D eigenvalue weighted by Crippen LogP contribution is -2.42. The predicted molar refractivity (Wildman–Crippen MR) is 133 cm³/mol. The van der Waals surface area contributed by atoms with Crippen LogP contribution in [-0.2, 0) is 30.5 Å². The fourth-order valence-corrected chi connectivity index (χ4v) is 6.25. The number of hydrogen-bond acceptors (Lipinski definition) is 9. The van der Waals surface area contributed by atoms with E-state index < -0.39 is 12.0 Å². The van der Waals surface area contributed by atoms with Gasteiger partial charge in [-0.2, -0.15) is 18.2 Å². The lowest BCUT2D eigenvalue weighted by molar-refractivity contribution is -0.147. The van der Waals surface area contributed by atoms with Crippen LogP contribution >= 0.6 is 11.3 Å². The van der Waals surface area contributed by atoms with Gasteiger partial charge in [-0.25, -0.2) is 4.98 Å². The number of aryl methyl sites for hydroxylation is 1. The van der Waals surface area contributed by atoms with Crippen molar-refractivity contribution in [3.8, 4) is 0 Å². The summed E-state index contributed by atoms with van der Waals surface area (Å²) in [5.74, 6) is 0.390. The number of amides is 1. The van der Waals surface area contributed by atoms with Crippen molar-refractivity contribution in [3.63, 3.8) is 0 Å². The summed E-state index contributed by atoms with van der Waals surface area (Å²) in [7, 11) is 0. The van der Waals surface area contributed by atoms with Crippen LogP contribution in [-0.4, -0.2) is 79.5 Å². The van der Waals surface area contributed by atoms with Gasteiger partial charge in [0.05, 0.1) is 24.6 Å². The topological polar surface area (TPSA) is 104 Å². The van der Waals surface area contributed by atoms with Crippen molar-refractivity contribution in [1.29, 1.82) is 0 Å². The molecule has 2 aliphatic heterocycles. The number of anilines is 2. The first-order valence-electron chi connectivity index (χ1n) is 12.4. The molecule has 37 heavy (non-hydrogen) atoms. The monoisotopic (exact) mass is 538 g/mol. The van der Waals surface area contributed by atoms with Crippen molar-refractivity contribution in [2.24, 2.45) is 0 Å². The van der Waals surface area contributed by atoms with Crippen LogP contribution in [0.4, 0.5) is 24.9 Å². The Bertz CT molecular complexity index is 1290. The zero-order valence-electron chi connectivity index (χ0n) is 20.7. The summed E-state index contributed by atoms with van der Waals surface area (Å²) in [4.78, 5) is 29.5. The molecule has 10 nitrogen and oxygen atoms in total. The Labute approximate surface area is 215 Å². The number of rotatable bonds is 7. The first-order chi connectivity index (χ1) is 17.7. The lowest BCUT2D eigenvalue weighted by atomic mass is 10.2. The number of halogens is 3. The molecule has 0 aliphatic carbocycles. The molecule has 1 fully saturated rings. The van der Waals surface area contributed by atoms with Gasteiger partial charge < -0.3 is 24.4 Å². The minimum Gasteiger partial charge on any atom is -0.395 e. The van der Waals surface area contributed by atoms with Gasteiger partial charge in [-0.05, 0) is 18.9 Å². The van der Waals surface area contributed by atoms with E-state index in [9.17, 15) is 23.1 Å². The summed E-state index contributed by atoms with van der Waals surface area (Å²) < 4.78 is 41.1. The number of aliphatic hydroxyl groups is 1. The van der Waals surface area contributed by atoms with Crippen LogP contribution < -0.4 is 9.80 Å². The molecule has 3 aromatic heterocycles. The van der Waals surface area contributed by atoms with Crippen LogP contribution in [0, 0.1) is 0 Å². The fraction of sp³-hybridized carbons (Fsp3) is 0.609. The average molecular weight is 539 g/mol. The maximum absolute atomic E-state index is 13.3. The van der Waals surface area contributed by atoms with Gasteiger partial charge in [-0.15, -0.1) is 21.5 Å². The highest BCUT2D eigenvalue weighted by molar-refractivity contribution is 7.18. The number of nitrogens with zero attached hydrogens (tertiary/aromatic N) is 8. The third-order valence-corrected chi connectivity index (χ3v) is 7.94. The van der Waals surface area contributed by atoms with E-state index in [1.165, 1.54) is 11.8 Å². The molecule has 5 heterocycles. The van der Waals surface area contributed by atoms with Crippen molar-refractivity contribution >= 4 is 39.2 Å². The quantitative estimate of drug-likeness (QED) is 0.490. The highest BCUT2D eigenvalue weighted by Gasteiger charge is 2.40. The van der Waals surface area contributed by atoms with Crippen LogP contribution in [0.3, 0.4) is 0 Å². The average Bonchev–Trinajstić information content (AvgIpc) is 3.58. The number of aliphatic hydroxyl groups excluding tert-OH is 1. The number of aromatic nitrogens is 5. The largest absolute Gasteiger partial charge is 0.451 e. The molecule has 3 aromatic rings. The smallest absolute Gasteiger partial charge is 0.395 e.